The molecule has 0 unspecified atom stereocenters. The molecule has 0 saturated heterocycles. The van der Waals surface area contributed by atoms with Gasteiger partial charge in [0.25, 0.3) is 0 Å². The summed E-state index contributed by atoms with van der Waals surface area (Å²) in [6.07, 6.45) is 3.81. The number of rotatable bonds is 2. The van der Waals surface area contributed by atoms with E-state index < -0.39 is 0 Å². The van der Waals surface area contributed by atoms with Gasteiger partial charge in [0.2, 0.25) is 0 Å². The van der Waals surface area contributed by atoms with Crippen LogP contribution in [0.5, 0.6) is 0 Å². The second-order valence-corrected chi connectivity index (χ2v) is 5.42. The summed E-state index contributed by atoms with van der Waals surface area (Å²) in [6, 6.07) is 0.349. The zero-order valence-corrected chi connectivity index (χ0v) is 11.5. The molecule has 0 aromatic heterocycles. The number of nitrogens with one attached hydrogen (secondary N) is 2. The molecule has 0 bridgehead atoms. The van der Waals surface area contributed by atoms with Gasteiger partial charge in [-0.2, -0.15) is 5.10 Å². The van der Waals surface area contributed by atoms with Crippen molar-refractivity contribution in [3.05, 3.63) is 0 Å². The maximum Gasteiger partial charge on any atom is 0.187 e. The fourth-order valence-electron chi connectivity index (χ4n) is 2.14. The molecule has 3 nitrogen and oxygen atoms in total. The number of hydrogen-bond donors (Lipinski definition) is 2. The Kier molecular flexibility index (Phi) is 5.19. The normalized spacial score (nSPS) is 28.2. The highest BCUT2D eigenvalue weighted by Gasteiger charge is 2.22. The van der Waals surface area contributed by atoms with Gasteiger partial charge in [0.15, 0.2) is 5.11 Å². The Morgan fingerprint density at radius 3 is 2.38 bits per heavy atom. The molecule has 0 aromatic carbocycles. The topological polar surface area (TPSA) is 36.4 Å². The molecule has 0 aliphatic heterocycles. The molecule has 0 amide bonds. The van der Waals surface area contributed by atoms with Gasteiger partial charge < -0.3 is 5.32 Å². The second kappa shape index (κ2) is 6.18. The summed E-state index contributed by atoms with van der Waals surface area (Å²) < 4.78 is 0. The molecule has 4 heteroatoms. The maximum atomic E-state index is 5.15. The van der Waals surface area contributed by atoms with Crippen molar-refractivity contribution in [2.45, 2.75) is 53.0 Å². The first-order valence-electron chi connectivity index (χ1n) is 6.14. The van der Waals surface area contributed by atoms with Crippen LogP contribution in [0, 0.1) is 11.8 Å². The number of hydrogen-bond acceptors (Lipinski definition) is 2. The summed E-state index contributed by atoms with van der Waals surface area (Å²) in [4.78, 5) is 0. The Morgan fingerprint density at radius 1 is 1.31 bits per heavy atom. The molecule has 16 heavy (non-hydrogen) atoms. The third-order valence-corrected chi connectivity index (χ3v) is 3.20. The van der Waals surface area contributed by atoms with Gasteiger partial charge in [0, 0.05) is 11.8 Å². The highest BCUT2D eigenvalue weighted by atomic mass is 32.1. The Bertz CT molecular complexity index is 261. The lowest BCUT2D eigenvalue weighted by atomic mass is 9.81. The molecule has 0 heterocycles. The van der Waals surface area contributed by atoms with Crippen LogP contribution >= 0.6 is 12.2 Å². The van der Waals surface area contributed by atoms with Crippen molar-refractivity contribution < 1.29 is 0 Å². The molecule has 1 aliphatic carbocycles. The van der Waals surface area contributed by atoms with Crippen LogP contribution in [0.4, 0.5) is 0 Å². The third kappa shape index (κ3) is 4.08. The van der Waals surface area contributed by atoms with E-state index in [0.29, 0.717) is 23.0 Å². The van der Waals surface area contributed by atoms with Crippen LogP contribution in [-0.2, 0) is 0 Å². The van der Waals surface area contributed by atoms with Crippen LogP contribution < -0.4 is 10.7 Å². The first-order valence-corrected chi connectivity index (χ1v) is 6.55. The van der Waals surface area contributed by atoms with Crippen LogP contribution in [0.25, 0.3) is 0 Å². The average Bonchev–Trinajstić information content (AvgIpc) is 2.15. The molecule has 1 rings (SSSR count). The van der Waals surface area contributed by atoms with Gasteiger partial charge in [0.05, 0.1) is 0 Å². The highest BCUT2D eigenvalue weighted by molar-refractivity contribution is 7.80. The standard InChI is InChI=1S/C12H23N3S/c1-8(2)13-12(16)15-14-11-9(3)6-5-7-10(11)4/h8-10H,5-7H2,1-4H3,(H2,13,15,16)/t9-,10+. The quantitative estimate of drug-likeness (QED) is 0.576. The SMILES string of the molecule is CC(C)NC(=S)NN=C1[C@H](C)CCC[C@@H]1C. The van der Waals surface area contributed by atoms with E-state index in [1.165, 1.54) is 25.0 Å². The largest absolute Gasteiger partial charge is 0.359 e. The first kappa shape index (κ1) is 13.4. The highest BCUT2D eigenvalue weighted by Crippen LogP contribution is 2.25. The van der Waals surface area contributed by atoms with Gasteiger partial charge in [-0.1, -0.05) is 20.3 Å². The van der Waals surface area contributed by atoms with Crippen molar-refractivity contribution >= 4 is 23.0 Å². The predicted molar refractivity (Wildman–Crippen MR) is 73.6 cm³/mol. The van der Waals surface area contributed by atoms with Crippen molar-refractivity contribution in [1.82, 2.24) is 10.7 Å². The van der Waals surface area contributed by atoms with Gasteiger partial charge in [0.1, 0.15) is 0 Å². The molecule has 2 N–H and O–H groups in total. The van der Waals surface area contributed by atoms with Crippen LogP contribution in [0.2, 0.25) is 0 Å². The van der Waals surface area contributed by atoms with Gasteiger partial charge in [-0.3, -0.25) is 5.43 Å². The zero-order valence-electron chi connectivity index (χ0n) is 10.7. The van der Waals surface area contributed by atoms with E-state index in [4.69, 9.17) is 12.2 Å². The Balaban J connectivity index is 2.51. The van der Waals surface area contributed by atoms with Crippen LogP contribution in [0.15, 0.2) is 5.10 Å². The Hall–Kier alpha value is -0.640. The van der Waals surface area contributed by atoms with E-state index >= 15 is 0 Å². The van der Waals surface area contributed by atoms with E-state index in [1.807, 2.05) is 0 Å². The van der Waals surface area contributed by atoms with Crippen molar-refractivity contribution in [1.29, 1.82) is 0 Å². The lowest BCUT2D eigenvalue weighted by Gasteiger charge is -2.26. The van der Waals surface area contributed by atoms with Gasteiger partial charge >= 0.3 is 0 Å². The molecule has 0 spiro atoms. The molecule has 1 fully saturated rings. The minimum atomic E-state index is 0.349. The smallest absolute Gasteiger partial charge is 0.187 e. The van der Waals surface area contributed by atoms with Crippen molar-refractivity contribution in [3.8, 4) is 0 Å². The Labute approximate surface area is 104 Å². The lowest BCUT2D eigenvalue weighted by Crippen LogP contribution is -2.38. The second-order valence-electron chi connectivity index (χ2n) is 5.01. The van der Waals surface area contributed by atoms with E-state index in [0.717, 1.165) is 0 Å². The molecule has 1 saturated carbocycles. The van der Waals surface area contributed by atoms with Crippen LogP contribution in [0.3, 0.4) is 0 Å². The molecule has 0 radical (unpaired) electrons. The zero-order chi connectivity index (χ0) is 12.1. The van der Waals surface area contributed by atoms with Gasteiger partial charge in [-0.15, -0.1) is 0 Å². The van der Waals surface area contributed by atoms with Crippen molar-refractivity contribution in [2.75, 3.05) is 0 Å². The summed E-state index contributed by atoms with van der Waals surface area (Å²) in [5, 5.41) is 8.20. The third-order valence-electron chi connectivity index (χ3n) is 2.99. The maximum absolute atomic E-state index is 5.15. The minimum absolute atomic E-state index is 0.349. The van der Waals surface area contributed by atoms with E-state index in [2.05, 4.69) is 43.5 Å². The van der Waals surface area contributed by atoms with E-state index in [-0.39, 0.29) is 0 Å². The molecule has 1 aliphatic rings. The van der Waals surface area contributed by atoms with Crippen LogP contribution in [-0.4, -0.2) is 16.9 Å². The Morgan fingerprint density at radius 2 is 1.88 bits per heavy atom. The summed E-state index contributed by atoms with van der Waals surface area (Å²) in [5.41, 5.74) is 4.22. The molecule has 92 valence electrons. The van der Waals surface area contributed by atoms with Crippen LogP contribution in [0.1, 0.15) is 47.0 Å². The first-order chi connectivity index (χ1) is 7.50. The monoisotopic (exact) mass is 241 g/mol. The van der Waals surface area contributed by atoms with E-state index in [1.54, 1.807) is 0 Å². The summed E-state index contributed by atoms with van der Waals surface area (Å²) >= 11 is 5.15. The number of hydrazone groups is 1. The number of nitrogens with zero attached hydrogens (tertiary/aromatic N) is 1. The summed E-state index contributed by atoms with van der Waals surface area (Å²) in [7, 11) is 0. The van der Waals surface area contributed by atoms with Crippen molar-refractivity contribution in [3.63, 3.8) is 0 Å². The van der Waals surface area contributed by atoms with E-state index in [9.17, 15) is 0 Å². The molecular weight excluding hydrogens is 218 g/mol. The molecule has 2 atom stereocenters. The summed E-state index contributed by atoms with van der Waals surface area (Å²) in [5.74, 6) is 1.16. The van der Waals surface area contributed by atoms with Crippen molar-refractivity contribution in [2.24, 2.45) is 16.9 Å². The minimum Gasteiger partial charge on any atom is -0.359 e. The number of thiocarbonyl (C=S) groups is 1. The fraction of sp³-hybridized carbons (Fsp3) is 0.833. The average molecular weight is 241 g/mol. The lowest BCUT2D eigenvalue weighted by molar-refractivity contribution is 0.483. The summed E-state index contributed by atoms with van der Waals surface area (Å²) in [6.45, 7) is 8.62. The van der Waals surface area contributed by atoms with Gasteiger partial charge in [-0.25, -0.2) is 0 Å². The molecule has 0 aromatic rings. The fourth-order valence-corrected chi connectivity index (χ4v) is 2.42. The van der Waals surface area contributed by atoms with Gasteiger partial charge in [-0.05, 0) is 50.7 Å². The predicted octanol–water partition coefficient (Wildman–Crippen LogP) is 2.67. The molecular formula is C12H23N3S.